The molecule has 0 amide bonds. The summed E-state index contributed by atoms with van der Waals surface area (Å²) in [6.07, 6.45) is 2.07. The number of nitrogens with two attached hydrogens (primary N) is 1. The van der Waals surface area contributed by atoms with E-state index in [4.69, 9.17) is 18.0 Å². The van der Waals surface area contributed by atoms with Crippen molar-refractivity contribution in [3.05, 3.63) is 21.2 Å². The lowest BCUT2D eigenvalue weighted by Crippen LogP contribution is -2.16. The van der Waals surface area contributed by atoms with E-state index < -0.39 is 0 Å². The summed E-state index contributed by atoms with van der Waals surface area (Å²) in [6.45, 7) is 2.85. The number of H-pyrrole nitrogens is 1. The van der Waals surface area contributed by atoms with Crippen LogP contribution in [0.5, 0.6) is 0 Å². The molecule has 1 aromatic heterocycles. The molecule has 13 heavy (non-hydrogen) atoms. The van der Waals surface area contributed by atoms with Crippen LogP contribution in [0.4, 0.5) is 5.82 Å². The zero-order valence-corrected chi connectivity index (χ0v) is 8.36. The Kier molecular flexibility index (Phi) is 3.25. The Labute approximate surface area is 81.4 Å². The highest BCUT2D eigenvalue weighted by molar-refractivity contribution is 7.71. The van der Waals surface area contributed by atoms with E-state index in [1.807, 2.05) is 0 Å². The molecule has 0 saturated heterocycles. The van der Waals surface area contributed by atoms with Crippen LogP contribution in [0, 0.1) is 4.77 Å². The summed E-state index contributed by atoms with van der Waals surface area (Å²) in [7, 11) is 0. The Morgan fingerprint density at radius 2 is 2.38 bits per heavy atom. The van der Waals surface area contributed by atoms with Gasteiger partial charge in [0.15, 0.2) is 4.77 Å². The SMILES string of the molecule is CCCCn1c(N)cc(=O)[nH]c1=S. The van der Waals surface area contributed by atoms with Crippen molar-refractivity contribution in [2.45, 2.75) is 26.3 Å². The van der Waals surface area contributed by atoms with Gasteiger partial charge in [-0.1, -0.05) is 13.3 Å². The molecule has 72 valence electrons. The first-order valence-electron chi connectivity index (χ1n) is 4.24. The second-order valence-electron chi connectivity index (χ2n) is 2.87. The molecule has 0 spiro atoms. The quantitative estimate of drug-likeness (QED) is 0.721. The van der Waals surface area contributed by atoms with Gasteiger partial charge < -0.3 is 10.3 Å². The van der Waals surface area contributed by atoms with Gasteiger partial charge in [0.1, 0.15) is 5.82 Å². The van der Waals surface area contributed by atoms with Gasteiger partial charge in [-0.3, -0.25) is 9.78 Å². The van der Waals surface area contributed by atoms with Gasteiger partial charge in [-0.05, 0) is 18.6 Å². The molecule has 0 aliphatic carbocycles. The predicted octanol–water partition coefficient (Wildman–Crippen LogP) is 1.29. The number of nitrogens with zero attached hydrogens (tertiary/aromatic N) is 1. The Hall–Kier alpha value is -1.10. The maximum atomic E-state index is 10.9. The first-order valence-corrected chi connectivity index (χ1v) is 4.65. The van der Waals surface area contributed by atoms with E-state index in [1.54, 1.807) is 4.57 Å². The molecule has 0 atom stereocenters. The van der Waals surface area contributed by atoms with E-state index >= 15 is 0 Å². The third-order valence-corrected chi connectivity index (χ3v) is 2.12. The number of aromatic nitrogens is 2. The second-order valence-corrected chi connectivity index (χ2v) is 3.26. The first-order chi connectivity index (χ1) is 6.15. The van der Waals surface area contributed by atoms with E-state index in [-0.39, 0.29) is 5.56 Å². The van der Waals surface area contributed by atoms with Crippen LogP contribution >= 0.6 is 12.2 Å². The lowest BCUT2D eigenvalue weighted by atomic mass is 10.3. The average molecular weight is 199 g/mol. The van der Waals surface area contributed by atoms with Crippen LogP contribution in [0.25, 0.3) is 0 Å². The summed E-state index contributed by atoms with van der Waals surface area (Å²) in [4.78, 5) is 13.5. The maximum absolute atomic E-state index is 10.9. The number of hydrogen-bond acceptors (Lipinski definition) is 3. The first kappa shape index (κ1) is 9.98. The maximum Gasteiger partial charge on any atom is 0.253 e. The zero-order valence-electron chi connectivity index (χ0n) is 7.54. The molecule has 0 bridgehead atoms. The highest BCUT2D eigenvalue weighted by Gasteiger charge is 1.98. The van der Waals surface area contributed by atoms with E-state index in [0.29, 0.717) is 10.6 Å². The Bertz CT molecular complexity index is 393. The van der Waals surface area contributed by atoms with Crippen LogP contribution in [0.1, 0.15) is 19.8 Å². The predicted molar refractivity (Wildman–Crippen MR) is 55.2 cm³/mol. The summed E-state index contributed by atoms with van der Waals surface area (Å²) in [5, 5.41) is 0. The molecule has 1 rings (SSSR count). The van der Waals surface area contributed by atoms with E-state index in [2.05, 4.69) is 11.9 Å². The fraction of sp³-hybridized carbons (Fsp3) is 0.500. The number of unbranched alkanes of at least 4 members (excludes halogenated alkanes) is 1. The lowest BCUT2D eigenvalue weighted by Gasteiger charge is -2.08. The molecule has 0 unspecified atom stereocenters. The minimum Gasteiger partial charge on any atom is -0.385 e. The van der Waals surface area contributed by atoms with Gasteiger partial charge in [0.05, 0.1) is 0 Å². The van der Waals surface area contributed by atoms with Gasteiger partial charge in [-0.15, -0.1) is 0 Å². The van der Waals surface area contributed by atoms with Crippen molar-refractivity contribution < 1.29 is 0 Å². The lowest BCUT2D eigenvalue weighted by molar-refractivity contribution is 0.617. The van der Waals surface area contributed by atoms with Gasteiger partial charge in [0.2, 0.25) is 0 Å². The van der Waals surface area contributed by atoms with Crippen LogP contribution in [0.3, 0.4) is 0 Å². The standard InChI is InChI=1S/C8H13N3OS/c1-2-3-4-11-6(9)5-7(12)10-8(11)13/h5H,2-4,9H2,1H3,(H,10,12,13). The van der Waals surface area contributed by atoms with Gasteiger partial charge in [-0.25, -0.2) is 0 Å². The van der Waals surface area contributed by atoms with Crippen molar-refractivity contribution >= 4 is 18.0 Å². The van der Waals surface area contributed by atoms with Gasteiger partial charge in [0.25, 0.3) is 5.56 Å². The Balaban J connectivity index is 3.07. The molecule has 3 N–H and O–H groups in total. The molecule has 1 aromatic rings. The summed E-state index contributed by atoms with van der Waals surface area (Å²) in [6, 6.07) is 1.35. The van der Waals surface area contributed by atoms with Crippen LogP contribution in [-0.2, 0) is 6.54 Å². The minimum atomic E-state index is -0.241. The number of nitrogen functional groups attached to an aromatic ring is 1. The van der Waals surface area contributed by atoms with Crippen molar-refractivity contribution in [1.29, 1.82) is 0 Å². The van der Waals surface area contributed by atoms with E-state index in [9.17, 15) is 4.79 Å². The fourth-order valence-corrected chi connectivity index (χ4v) is 1.38. The Morgan fingerprint density at radius 1 is 1.69 bits per heavy atom. The largest absolute Gasteiger partial charge is 0.385 e. The highest BCUT2D eigenvalue weighted by atomic mass is 32.1. The number of hydrogen-bond donors (Lipinski definition) is 2. The summed E-state index contributed by atoms with van der Waals surface area (Å²) in [5.41, 5.74) is 5.40. The van der Waals surface area contributed by atoms with E-state index in [1.165, 1.54) is 6.07 Å². The normalized spacial score (nSPS) is 10.2. The third kappa shape index (κ3) is 2.42. The second kappa shape index (κ2) is 4.23. The van der Waals surface area contributed by atoms with Gasteiger partial charge in [-0.2, -0.15) is 0 Å². The number of rotatable bonds is 3. The van der Waals surface area contributed by atoms with Crippen molar-refractivity contribution in [1.82, 2.24) is 9.55 Å². The Morgan fingerprint density at radius 3 is 2.92 bits per heavy atom. The van der Waals surface area contributed by atoms with Crippen molar-refractivity contribution in [3.8, 4) is 0 Å². The van der Waals surface area contributed by atoms with Crippen LogP contribution in [-0.4, -0.2) is 9.55 Å². The number of aromatic amines is 1. The van der Waals surface area contributed by atoms with Crippen molar-refractivity contribution in [2.24, 2.45) is 0 Å². The summed E-state index contributed by atoms with van der Waals surface area (Å²) >= 11 is 4.97. The van der Waals surface area contributed by atoms with Gasteiger partial charge >= 0.3 is 0 Å². The molecule has 0 saturated carbocycles. The minimum absolute atomic E-state index is 0.241. The van der Waals surface area contributed by atoms with Crippen LogP contribution < -0.4 is 11.3 Å². The van der Waals surface area contributed by atoms with Crippen LogP contribution in [0.2, 0.25) is 0 Å². The van der Waals surface area contributed by atoms with E-state index in [0.717, 1.165) is 19.4 Å². The monoisotopic (exact) mass is 199 g/mol. The topological polar surface area (TPSA) is 63.8 Å². The zero-order chi connectivity index (χ0) is 9.84. The van der Waals surface area contributed by atoms with Gasteiger partial charge in [0, 0.05) is 12.6 Å². The molecule has 0 aliphatic rings. The summed E-state index contributed by atoms with van der Waals surface area (Å²) in [5.74, 6) is 0.433. The highest BCUT2D eigenvalue weighted by Crippen LogP contribution is 2.01. The molecule has 1 heterocycles. The van der Waals surface area contributed by atoms with Crippen molar-refractivity contribution in [3.63, 3.8) is 0 Å². The molecular weight excluding hydrogens is 186 g/mol. The summed E-state index contributed by atoms with van der Waals surface area (Å²) < 4.78 is 2.14. The third-order valence-electron chi connectivity index (χ3n) is 1.80. The average Bonchev–Trinajstić information content (AvgIpc) is 2.02. The molecule has 0 radical (unpaired) electrons. The number of anilines is 1. The molecule has 5 heteroatoms. The molecule has 0 aliphatic heterocycles. The molecule has 0 fully saturated rings. The van der Waals surface area contributed by atoms with Crippen LogP contribution in [0.15, 0.2) is 10.9 Å². The van der Waals surface area contributed by atoms with Crippen molar-refractivity contribution in [2.75, 3.05) is 5.73 Å². The fourth-order valence-electron chi connectivity index (χ4n) is 1.09. The smallest absolute Gasteiger partial charge is 0.253 e. The molecule has 4 nitrogen and oxygen atoms in total. The number of nitrogens with one attached hydrogen (secondary N) is 1. The molecule has 0 aromatic carbocycles. The molecular formula is C8H13N3OS.